The Balaban J connectivity index is 2.45. The third-order valence-electron chi connectivity index (χ3n) is 1.16. The van der Waals surface area contributed by atoms with Gasteiger partial charge >= 0.3 is 0 Å². The van der Waals surface area contributed by atoms with E-state index in [9.17, 15) is 5.21 Å². The molecule has 0 fully saturated rings. The molecule has 2 nitrogen and oxygen atoms in total. The second-order valence-electron chi connectivity index (χ2n) is 1.83. The molecule has 0 aromatic carbocycles. The third-order valence-corrected chi connectivity index (χ3v) is 1.16. The van der Waals surface area contributed by atoms with Gasteiger partial charge in [0.25, 0.3) is 0 Å². The van der Waals surface area contributed by atoms with E-state index in [1.165, 1.54) is 0 Å². The normalized spacial score (nSPS) is 29.4. The maximum absolute atomic E-state index is 10.4. The van der Waals surface area contributed by atoms with E-state index in [4.69, 9.17) is 0 Å². The molecule has 0 saturated heterocycles. The second-order valence-corrected chi connectivity index (χ2v) is 1.83. The van der Waals surface area contributed by atoms with Gasteiger partial charge in [0.1, 0.15) is 0 Å². The van der Waals surface area contributed by atoms with Crippen molar-refractivity contribution in [3.05, 3.63) is 17.5 Å². The monoisotopic (exact) mass is 98.1 g/mol. The average Bonchev–Trinajstić information content (AvgIpc) is 1.91. The van der Waals surface area contributed by atoms with E-state index < -0.39 is 0 Å². The molecule has 40 valence electrons. The van der Waals surface area contributed by atoms with Gasteiger partial charge in [-0.2, -0.15) is 0 Å². The molecule has 7 heavy (non-hydrogen) atoms. The number of hydroxylamine groups is 2. The predicted molar refractivity (Wildman–Crippen MR) is 28.4 cm³/mol. The molecule has 1 aliphatic heterocycles. The largest absolute Gasteiger partial charge is 0.759 e. The van der Waals surface area contributed by atoms with Crippen molar-refractivity contribution in [1.29, 1.82) is 0 Å². The van der Waals surface area contributed by atoms with Crippen molar-refractivity contribution in [2.45, 2.75) is 19.4 Å². The standard InChI is InChI=1S/C5H8NO/c1-5-3-2-4-6(5)7/h2,4-5H,3H2,1H3/q-1. The topological polar surface area (TPSA) is 26.3 Å². The number of hydrogen-bond donors (Lipinski definition) is 0. The SMILES string of the molecule is CC1CC=CN1[O-]. The molecule has 0 bridgehead atoms. The molecule has 1 atom stereocenters. The molecule has 0 spiro atoms. The molecule has 0 aliphatic carbocycles. The first-order valence-electron chi connectivity index (χ1n) is 2.43. The second kappa shape index (κ2) is 1.54. The fraction of sp³-hybridized carbons (Fsp3) is 0.600. The third kappa shape index (κ3) is 0.747. The highest BCUT2D eigenvalue weighted by Crippen LogP contribution is 2.09. The van der Waals surface area contributed by atoms with Gasteiger partial charge in [0.2, 0.25) is 0 Å². The van der Waals surface area contributed by atoms with Gasteiger partial charge in [-0.1, -0.05) is 6.08 Å². The minimum Gasteiger partial charge on any atom is -0.759 e. The first-order chi connectivity index (χ1) is 3.30. The number of rotatable bonds is 0. The Bertz CT molecular complexity index is 90.1. The van der Waals surface area contributed by atoms with Crippen LogP contribution < -0.4 is 0 Å². The van der Waals surface area contributed by atoms with Crippen LogP contribution in [0, 0.1) is 5.21 Å². The Labute approximate surface area is 43.0 Å². The Hall–Kier alpha value is -0.500. The summed E-state index contributed by atoms with van der Waals surface area (Å²) < 4.78 is 0. The molecule has 1 heterocycles. The van der Waals surface area contributed by atoms with Gasteiger partial charge in [-0.3, -0.25) is 0 Å². The Kier molecular flexibility index (Phi) is 1.02. The lowest BCUT2D eigenvalue weighted by molar-refractivity contribution is 0.425. The number of hydrogen-bond acceptors (Lipinski definition) is 2. The van der Waals surface area contributed by atoms with Gasteiger partial charge in [0.15, 0.2) is 0 Å². The Morgan fingerprint density at radius 3 is 2.71 bits per heavy atom. The highest BCUT2D eigenvalue weighted by Gasteiger charge is 2.02. The van der Waals surface area contributed by atoms with E-state index >= 15 is 0 Å². The van der Waals surface area contributed by atoms with Crippen molar-refractivity contribution < 1.29 is 0 Å². The first-order valence-corrected chi connectivity index (χ1v) is 2.43. The smallest absolute Gasteiger partial charge is 0.0176 e. The molecule has 0 aromatic heterocycles. The molecule has 0 N–H and O–H groups in total. The van der Waals surface area contributed by atoms with Crippen molar-refractivity contribution in [1.82, 2.24) is 5.06 Å². The lowest BCUT2D eigenvalue weighted by Crippen LogP contribution is -2.15. The maximum Gasteiger partial charge on any atom is 0.0176 e. The fourth-order valence-corrected chi connectivity index (χ4v) is 0.613. The van der Waals surface area contributed by atoms with Crippen LogP contribution in [0.4, 0.5) is 0 Å². The van der Waals surface area contributed by atoms with E-state index in [2.05, 4.69) is 0 Å². The lowest BCUT2D eigenvalue weighted by atomic mass is 10.3. The van der Waals surface area contributed by atoms with Crippen LogP contribution >= 0.6 is 0 Å². The van der Waals surface area contributed by atoms with Crippen LogP contribution in [0.25, 0.3) is 0 Å². The van der Waals surface area contributed by atoms with Gasteiger partial charge in [0, 0.05) is 6.04 Å². The zero-order valence-electron chi connectivity index (χ0n) is 4.29. The van der Waals surface area contributed by atoms with Gasteiger partial charge in [-0.15, -0.1) is 0 Å². The minimum atomic E-state index is 0.181. The summed E-state index contributed by atoms with van der Waals surface area (Å²) in [4.78, 5) is 0. The van der Waals surface area contributed by atoms with E-state index in [0.717, 1.165) is 11.5 Å². The summed E-state index contributed by atoms with van der Waals surface area (Å²) in [6.07, 6.45) is 4.37. The summed E-state index contributed by atoms with van der Waals surface area (Å²) in [6, 6.07) is 0.181. The molecule has 0 aromatic rings. The van der Waals surface area contributed by atoms with Crippen LogP contribution in [0.5, 0.6) is 0 Å². The average molecular weight is 98.1 g/mol. The van der Waals surface area contributed by atoms with E-state index in [-0.39, 0.29) is 6.04 Å². The van der Waals surface area contributed by atoms with Crippen LogP contribution in [0.15, 0.2) is 12.3 Å². The van der Waals surface area contributed by atoms with E-state index in [1.807, 2.05) is 13.0 Å². The van der Waals surface area contributed by atoms with Crippen molar-refractivity contribution in [3.8, 4) is 0 Å². The zero-order chi connectivity index (χ0) is 5.28. The van der Waals surface area contributed by atoms with Crippen molar-refractivity contribution >= 4 is 0 Å². The summed E-state index contributed by atoms with van der Waals surface area (Å²) in [6.45, 7) is 1.91. The molecule has 2 heteroatoms. The summed E-state index contributed by atoms with van der Waals surface area (Å²) in [5.74, 6) is 0. The highest BCUT2D eigenvalue weighted by molar-refractivity contribution is 4.96. The molecular formula is C5H8NO-. The highest BCUT2D eigenvalue weighted by atomic mass is 16.5. The van der Waals surface area contributed by atoms with Crippen LogP contribution in [-0.4, -0.2) is 11.1 Å². The van der Waals surface area contributed by atoms with E-state index in [1.54, 1.807) is 6.20 Å². The van der Waals surface area contributed by atoms with Crippen LogP contribution in [0.2, 0.25) is 0 Å². The summed E-state index contributed by atoms with van der Waals surface area (Å²) in [7, 11) is 0. The summed E-state index contributed by atoms with van der Waals surface area (Å²) >= 11 is 0. The Morgan fingerprint density at radius 2 is 2.57 bits per heavy atom. The Morgan fingerprint density at radius 1 is 1.86 bits per heavy atom. The lowest BCUT2D eigenvalue weighted by Gasteiger charge is -2.27. The molecule has 1 aliphatic rings. The first kappa shape index (κ1) is 4.65. The van der Waals surface area contributed by atoms with E-state index in [0.29, 0.717) is 0 Å². The fourth-order valence-electron chi connectivity index (χ4n) is 0.613. The number of nitrogens with zero attached hydrogens (tertiary/aromatic N) is 1. The quantitative estimate of drug-likeness (QED) is 0.453. The van der Waals surface area contributed by atoms with Crippen molar-refractivity contribution in [3.63, 3.8) is 0 Å². The molecule has 0 saturated carbocycles. The summed E-state index contributed by atoms with van der Waals surface area (Å²) in [5.41, 5.74) is 0. The maximum atomic E-state index is 10.4. The van der Waals surface area contributed by atoms with Gasteiger partial charge in [-0.05, 0) is 19.5 Å². The summed E-state index contributed by atoms with van der Waals surface area (Å²) in [5, 5.41) is 11.4. The van der Waals surface area contributed by atoms with Crippen LogP contribution in [0.1, 0.15) is 13.3 Å². The minimum absolute atomic E-state index is 0.181. The van der Waals surface area contributed by atoms with Gasteiger partial charge < -0.3 is 10.3 Å². The van der Waals surface area contributed by atoms with Gasteiger partial charge in [-0.25, -0.2) is 0 Å². The molecular weight excluding hydrogens is 90.1 g/mol. The molecule has 1 rings (SSSR count). The van der Waals surface area contributed by atoms with Crippen molar-refractivity contribution in [2.75, 3.05) is 0 Å². The van der Waals surface area contributed by atoms with Crippen molar-refractivity contribution in [2.24, 2.45) is 0 Å². The van der Waals surface area contributed by atoms with Crippen LogP contribution in [-0.2, 0) is 0 Å². The molecule has 1 unspecified atom stereocenters. The van der Waals surface area contributed by atoms with Crippen LogP contribution in [0.3, 0.4) is 0 Å². The molecule has 0 radical (unpaired) electrons. The zero-order valence-corrected chi connectivity index (χ0v) is 4.29. The predicted octanol–water partition coefficient (Wildman–Crippen LogP) is 1.09. The van der Waals surface area contributed by atoms with Gasteiger partial charge in [0.05, 0.1) is 0 Å². The molecule has 0 amide bonds.